The smallest absolute Gasteiger partial charge is 0.123 e. The number of aryl methyl sites for hydroxylation is 1. The minimum Gasteiger partial charge on any atom is -0.467 e. The molecule has 0 aliphatic heterocycles. The summed E-state index contributed by atoms with van der Waals surface area (Å²) in [6, 6.07) is 2.77. The van der Waals surface area contributed by atoms with E-state index in [0.29, 0.717) is 6.04 Å². The molecule has 0 radical (unpaired) electrons. The van der Waals surface area contributed by atoms with Crippen LogP contribution < -0.4 is 5.32 Å². The second kappa shape index (κ2) is 5.02. The van der Waals surface area contributed by atoms with Crippen LogP contribution in [0.2, 0.25) is 0 Å². The number of furan rings is 1. The fourth-order valence-corrected chi connectivity index (χ4v) is 2.50. The van der Waals surface area contributed by atoms with Crippen LogP contribution >= 0.6 is 0 Å². The van der Waals surface area contributed by atoms with Crippen molar-refractivity contribution in [1.82, 2.24) is 5.32 Å². The second-order valence-electron chi connectivity index (χ2n) is 4.86. The number of nitrogens with one attached hydrogen (secondary N) is 1. The third kappa shape index (κ3) is 2.66. The van der Waals surface area contributed by atoms with E-state index in [1.165, 1.54) is 5.56 Å². The van der Waals surface area contributed by atoms with Crippen molar-refractivity contribution in [3.8, 4) is 0 Å². The zero-order chi connectivity index (χ0) is 11.5. The first-order chi connectivity index (χ1) is 7.66. The first-order valence-corrected chi connectivity index (χ1v) is 6.15. The molecule has 1 heterocycles. The van der Waals surface area contributed by atoms with Crippen LogP contribution in [0.3, 0.4) is 0 Å². The molecular formula is C13H21NO2. The van der Waals surface area contributed by atoms with Crippen LogP contribution in [0.4, 0.5) is 0 Å². The molecule has 90 valence electrons. The van der Waals surface area contributed by atoms with E-state index < -0.39 is 0 Å². The van der Waals surface area contributed by atoms with Crippen molar-refractivity contribution in [2.24, 2.45) is 0 Å². The van der Waals surface area contributed by atoms with E-state index in [-0.39, 0.29) is 12.1 Å². The number of hydrogen-bond donors (Lipinski definition) is 2. The van der Waals surface area contributed by atoms with E-state index in [0.717, 1.165) is 31.4 Å². The summed E-state index contributed by atoms with van der Waals surface area (Å²) in [4.78, 5) is 0. The van der Waals surface area contributed by atoms with Crippen LogP contribution in [0.5, 0.6) is 0 Å². The SMILES string of the molecule is Cc1ccoc1C(C)NC1CCC(O)CC1. The van der Waals surface area contributed by atoms with Gasteiger partial charge in [-0.15, -0.1) is 0 Å². The molecule has 16 heavy (non-hydrogen) atoms. The van der Waals surface area contributed by atoms with Gasteiger partial charge in [0.05, 0.1) is 18.4 Å². The van der Waals surface area contributed by atoms with Gasteiger partial charge in [0.15, 0.2) is 0 Å². The van der Waals surface area contributed by atoms with Crippen LogP contribution in [-0.2, 0) is 0 Å². The van der Waals surface area contributed by atoms with Crippen molar-refractivity contribution < 1.29 is 9.52 Å². The lowest BCUT2D eigenvalue weighted by Crippen LogP contribution is -2.36. The molecule has 2 N–H and O–H groups in total. The zero-order valence-electron chi connectivity index (χ0n) is 10.1. The average molecular weight is 223 g/mol. The molecule has 3 nitrogen and oxygen atoms in total. The van der Waals surface area contributed by atoms with Crippen molar-refractivity contribution in [3.05, 3.63) is 23.7 Å². The molecule has 0 amide bonds. The van der Waals surface area contributed by atoms with Crippen LogP contribution in [0.15, 0.2) is 16.7 Å². The minimum absolute atomic E-state index is 0.0845. The summed E-state index contributed by atoms with van der Waals surface area (Å²) < 4.78 is 5.48. The highest BCUT2D eigenvalue weighted by atomic mass is 16.3. The van der Waals surface area contributed by atoms with Crippen LogP contribution in [0, 0.1) is 6.92 Å². The van der Waals surface area contributed by atoms with E-state index >= 15 is 0 Å². The molecule has 0 bridgehead atoms. The molecule has 1 atom stereocenters. The van der Waals surface area contributed by atoms with Gasteiger partial charge in [-0.3, -0.25) is 0 Å². The van der Waals surface area contributed by atoms with E-state index in [4.69, 9.17) is 4.42 Å². The van der Waals surface area contributed by atoms with Gasteiger partial charge >= 0.3 is 0 Å². The van der Waals surface area contributed by atoms with E-state index in [1.807, 2.05) is 6.07 Å². The molecule has 1 saturated carbocycles. The van der Waals surface area contributed by atoms with Gasteiger partial charge < -0.3 is 14.8 Å². The zero-order valence-corrected chi connectivity index (χ0v) is 10.1. The molecule has 1 aliphatic carbocycles. The number of hydrogen-bond acceptors (Lipinski definition) is 3. The maximum Gasteiger partial charge on any atom is 0.123 e. The number of rotatable bonds is 3. The Hall–Kier alpha value is -0.800. The van der Waals surface area contributed by atoms with Crippen LogP contribution in [-0.4, -0.2) is 17.3 Å². The molecule has 1 unspecified atom stereocenters. The summed E-state index contributed by atoms with van der Waals surface area (Å²) in [7, 11) is 0. The third-order valence-corrected chi connectivity index (χ3v) is 3.48. The Balaban J connectivity index is 1.88. The van der Waals surface area contributed by atoms with Gasteiger partial charge in [-0.2, -0.15) is 0 Å². The molecule has 0 aromatic carbocycles. The van der Waals surface area contributed by atoms with Crippen molar-refractivity contribution >= 4 is 0 Å². The Morgan fingerprint density at radius 3 is 2.62 bits per heavy atom. The Bertz CT molecular complexity index is 326. The van der Waals surface area contributed by atoms with Crippen molar-refractivity contribution in [1.29, 1.82) is 0 Å². The van der Waals surface area contributed by atoms with Gasteiger partial charge in [0.1, 0.15) is 5.76 Å². The van der Waals surface area contributed by atoms with Gasteiger partial charge in [0.25, 0.3) is 0 Å². The maximum atomic E-state index is 9.44. The fourth-order valence-electron chi connectivity index (χ4n) is 2.50. The summed E-state index contributed by atoms with van der Waals surface area (Å²) in [6.07, 6.45) is 5.62. The summed E-state index contributed by atoms with van der Waals surface area (Å²) in [5.41, 5.74) is 1.20. The third-order valence-electron chi connectivity index (χ3n) is 3.48. The highest BCUT2D eigenvalue weighted by Gasteiger charge is 2.22. The maximum absolute atomic E-state index is 9.44. The quantitative estimate of drug-likeness (QED) is 0.827. The lowest BCUT2D eigenvalue weighted by atomic mass is 9.92. The second-order valence-corrected chi connectivity index (χ2v) is 4.86. The minimum atomic E-state index is -0.0845. The molecule has 1 aromatic heterocycles. The largest absolute Gasteiger partial charge is 0.467 e. The molecule has 2 rings (SSSR count). The molecule has 0 spiro atoms. The fraction of sp³-hybridized carbons (Fsp3) is 0.692. The Labute approximate surface area is 96.8 Å². The normalized spacial score (nSPS) is 27.9. The monoisotopic (exact) mass is 223 g/mol. The molecule has 0 saturated heterocycles. The Kier molecular flexibility index (Phi) is 3.66. The standard InChI is InChI=1S/C13H21NO2/c1-9-7-8-16-13(9)10(2)14-11-3-5-12(15)6-4-11/h7-8,10-12,14-15H,3-6H2,1-2H3. The van der Waals surface area contributed by atoms with Crippen molar-refractivity contribution in [3.63, 3.8) is 0 Å². The number of aliphatic hydroxyl groups is 1. The molecule has 1 aliphatic rings. The van der Waals surface area contributed by atoms with Crippen LogP contribution in [0.25, 0.3) is 0 Å². The van der Waals surface area contributed by atoms with Gasteiger partial charge in [-0.25, -0.2) is 0 Å². The number of aliphatic hydroxyl groups excluding tert-OH is 1. The highest BCUT2D eigenvalue weighted by Crippen LogP contribution is 2.23. The van der Waals surface area contributed by atoms with Gasteiger partial charge in [-0.05, 0) is 51.2 Å². The molecule has 1 aromatic rings. The molecule has 1 fully saturated rings. The Morgan fingerprint density at radius 2 is 2.06 bits per heavy atom. The predicted molar refractivity (Wildman–Crippen MR) is 63.3 cm³/mol. The summed E-state index contributed by atoms with van der Waals surface area (Å²) in [5, 5.41) is 13.0. The van der Waals surface area contributed by atoms with Gasteiger partial charge in [0, 0.05) is 6.04 Å². The summed E-state index contributed by atoms with van der Waals surface area (Å²) in [6.45, 7) is 4.21. The van der Waals surface area contributed by atoms with Crippen LogP contribution in [0.1, 0.15) is 50.0 Å². The molecular weight excluding hydrogens is 202 g/mol. The van der Waals surface area contributed by atoms with Crippen molar-refractivity contribution in [2.45, 2.75) is 57.7 Å². The molecule has 3 heteroatoms. The average Bonchev–Trinajstić information content (AvgIpc) is 2.68. The summed E-state index contributed by atoms with van der Waals surface area (Å²) >= 11 is 0. The predicted octanol–water partition coefficient (Wildman–Crippen LogP) is 2.54. The lowest BCUT2D eigenvalue weighted by molar-refractivity contribution is 0.114. The highest BCUT2D eigenvalue weighted by molar-refractivity contribution is 5.17. The van der Waals surface area contributed by atoms with E-state index in [2.05, 4.69) is 19.2 Å². The van der Waals surface area contributed by atoms with Gasteiger partial charge in [-0.1, -0.05) is 0 Å². The van der Waals surface area contributed by atoms with E-state index in [1.54, 1.807) is 6.26 Å². The Morgan fingerprint density at radius 1 is 1.38 bits per heavy atom. The van der Waals surface area contributed by atoms with Gasteiger partial charge in [0.2, 0.25) is 0 Å². The summed E-state index contributed by atoms with van der Waals surface area (Å²) in [5.74, 6) is 1.03. The lowest BCUT2D eigenvalue weighted by Gasteiger charge is -2.28. The first-order valence-electron chi connectivity index (χ1n) is 6.15. The first kappa shape index (κ1) is 11.7. The topological polar surface area (TPSA) is 45.4 Å². The van der Waals surface area contributed by atoms with Crippen molar-refractivity contribution in [2.75, 3.05) is 0 Å². The van der Waals surface area contributed by atoms with E-state index in [9.17, 15) is 5.11 Å².